The number of nitrogens with zero attached hydrogens (tertiary/aromatic N) is 5. The van der Waals surface area contributed by atoms with E-state index < -0.39 is 11.8 Å². The molecule has 314 valence electrons. The molecule has 0 aliphatic heterocycles. The molecule has 3 aromatic heterocycles. The van der Waals surface area contributed by atoms with E-state index in [1.807, 2.05) is 62.8 Å². The molecule has 5 aromatic rings. The van der Waals surface area contributed by atoms with Gasteiger partial charge in [-0.15, -0.1) is 0 Å². The van der Waals surface area contributed by atoms with Crippen molar-refractivity contribution in [2.24, 2.45) is 28.6 Å². The molecule has 0 saturated heterocycles. The van der Waals surface area contributed by atoms with Gasteiger partial charge < -0.3 is 29.5 Å². The molecule has 0 bridgehead atoms. The van der Waals surface area contributed by atoms with Gasteiger partial charge in [-0.1, -0.05) is 51.5 Å². The number of aromatic amines is 1. The molecule has 1 amide bonds. The molecule has 9 rings (SSSR count). The summed E-state index contributed by atoms with van der Waals surface area (Å²) in [6.45, 7) is 10.5. The number of H-pyrrole nitrogens is 1. The minimum absolute atomic E-state index is 0.0105. The zero-order chi connectivity index (χ0) is 41.9. The minimum Gasteiger partial charge on any atom is -0.508 e. The summed E-state index contributed by atoms with van der Waals surface area (Å²) in [6, 6.07) is 14.8. The van der Waals surface area contributed by atoms with Gasteiger partial charge in [0.15, 0.2) is 5.82 Å². The molecule has 12 nitrogen and oxygen atoms in total. The lowest BCUT2D eigenvalue weighted by Crippen LogP contribution is -2.52. The minimum atomic E-state index is -0.886. The maximum atomic E-state index is 13.0. The van der Waals surface area contributed by atoms with Crippen molar-refractivity contribution in [3.8, 4) is 28.6 Å². The van der Waals surface area contributed by atoms with Crippen LogP contribution in [0.4, 0.5) is 4.79 Å². The lowest BCUT2D eigenvalue weighted by atomic mass is 9.47. The van der Waals surface area contributed by atoms with Crippen LogP contribution in [0.5, 0.6) is 11.5 Å². The van der Waals surface area contributed by atoms with Crippen molar-refractivity contribution < 1.29 is 24.9 Å². The number of ether oxygens (including phenoxy) is 1. The fourth-order valence-electron chi connectivity index (χ4n) is 11.8. The molecule has 4 aliphatic rings. The van der Waals surface area contributed by atoms with Gasteiger partial charge in [0.2, 0.25) is 0 Å². The molecule has 0 radical (unpaired) electrons. The monoisotopic (exact) mass is 812 g/mol. The molecule has 4 aliphatic carbocycles. The Morgan fingerprint density at radius 2 is 1.83 bits per heavy atom. The van der Waals surface area contributed by atoms with E-state index in [2.05, 4.69) is 51.8 Å². The van der Waals surface area contributed by atoms with Crippen LogP contribution >= 0.6 is 0 Å². The summed E-state index contributed by atoms with van der Waals surface area (Å²) in [5, 5.41) is 39.1. The van der Waals surface area contributed by atoms with Crippen molar-refractivity contribution in [1.82, 2.24) is 29.2 Å². The summed E-state index contributed by atoms with van der Waals surface area (Å²) in [5.41, 5.74) is 6.55. The molecule has 3 heterocycles. The molecule has 2 saturated carbocycles. The number of phenols is 2. The number of aromatic nitrogens is 5. The number of benzene rings is 2. The Balaban J connectivity index is 0.816. The molecule has 6 atom stereocenters. The first-order valence-electron chi connectivity index (χ1n) is 21.6. The van der Waals surface area contributed by atoms with Crippen LogP contribution in [0, 0.1) is 28.6 Å². The summed E-state index contributed by atoms with van der Waals surface area (Å²) < 4.78 is 9.57. The summed E-state index contributed by atoms with van der Waals surface area (Å²) in [6.07, 6.45) is 17.2. The predicted octanol–water partition coefficient (Wildman–Crippen LogP) is 9.13. The molecule has 12 heteroatoms. The number of nitrogens with one attached hydrogen (secondary N) is 1. The molecular formula is C48H56N6O6. The summed E-state index contributed by atoms with van der Waals surface area (Å²) in [4.78, 5) is 31.7. The Labute approximate surface area is 350 Å². The van der Waals surface area contributed by atoms with Gasteiger partial charge in [0.05, 0.1) is 24.5 Å². The van der Waals surface area contributed by atoms with Gasteiger partial charge in [-0.3, -0.25) is 4.98 Å². The van der Waals surface area contributed by atoms with Gasteiger partial charge in [0, 0.05) is 54.7 Å². The van der Waals surface area contributed by atoms with E-state index in [0.717, 1.165) is 43.0 Å². The predicted molar refractivity (Wildman–Crippen MR) is 231 cm³/mol. The molecule has 0 spiro atoms. The van der Waals surface area contributed by atoms with Crippen LogP contribution in [0.3, 0.4) is 0 Å². The highest BCUT2D eigenvalue weighted by atomic mass is 16.5. The largest absolute Gasteiger partial charge is 0.508 e. The Bertz CT molecular complexity index is 2550. The van der Waals surface area contributed by atoms with Crippen molar-refractivity contribution in [3.63, 3.8) is 0 Å². The van der Waals surface area contributed by atoms with Gasteiger partial charge in [0.25, 0.3) is 0 Å². The number of carbonyl (C=O) groups is 1. The van der Waals surface area contributed by atoms with Gasteiger partial charge in [-0.05, 0) is 133 Å². The fraction of sp³-hybridized carbons (Fsp3) is 0.458. The van der Waals surface area contributed by atoms with Crippen LogP contribution in [0.1, 0.15) is 89.7 Å². The SMILES string of the molecule is CC(C)c1cc(-c2n[nH]c(=O)n2-c2ccc3c(ccn3CCOCCN(C(=O)O)C3CC[C@@]4(C)C(=CCC5C4CC[C@]4(C)C(c6cccnc6)=CC[C@@H]54)C3)c2)c(O)cc1O. The topological polar surface area (TPSA) is 159 Å². The summed E-state index contributed by atoms with van der Waals surface area (Å²) >= 11 is 0. The quantitative estimate of drug-likeness (QED) is 0.0760. The fourth-order valence-corrected chi connectivity index (χ4v) is 11.8. The lowest BCUT2D eigenvalue weighted by Gasteiger charge is -2.58. The maximum absolute atomic E-state index is 13.0. The second-order valence-corrected chi connectivity index (χ2v) is 18.3. The maximum Gasteiger partial charge on any atom is 0.407 e. The van der Waals surface area contributed by atoms with E-state index in [-0.39, 0.29) is 40.1 Å². The third kappa shape index (κ3) is 6.73. The average molecular weight is 813 g/mol. The van der Waals surface area contributed by atoms with Crippen molar-refractivity contribution in [2.75, 3.05) is 19.8 Å². The number of rotatable bonds is 11. The number of allylic oxidation sites excluding steroid dienone is 3. The number of carboxylic acid groups (broad SMARTS) is 1. The van der Waals surface area contributed by atoms with Gasteiger partial charge in [0.1, 0.15) is 11.5 Å². The highest BCUT2D eigenvalue weighted by molar-refractivity contribution is 5.83. The second kappa shape index (κ2) is 15.4. The van der Waals surface area contributed by atoms with Crippen LogP contribution < -0.4 is 5.69 Å². The molecule has 3 unspecified atom stereocenters. The number of fused-ring (bicyclic) bond motifs is 6. The van der Waals surface area contributed by atoms with E-state index in [9.17, 15) is 24.9 Å². The Hall–Kier alpha value is -5.62. The van der Waals surface area contributed by atoms with Gasteiger partial charge in [-0.25, -0.2) is 19.3 Å². The lowest BCUT2D eigenvalue weighted by molar-refractivity contribution is -0.0193. The van der Waals surface area contributed by atoms with Crippen molar-refractivity contribution >= 4 is 22.6 Å². The molecular weight excluding hydrogens is 757 g/mol. The average Bonchev–Trinajstić information content (AvgIpc) is 3.93. The standard InChI is InChI=1S/C48H56N6O6/c1-29(2)36-26-37(43(56)27-42(36)55)44-50-51-45(57)54(44)34-8-12-41-30(24-34)15-19-52(41)20-22-60-23-21-53(46(58)59)33-13-16-47(3)32(25-33)7-9-35-39-11-10-38(31-6-5-18-49-28-31)48(39,4)17-14-40(35)47/h5-8,10,12,15,18-19,24,26-29,33,35,39-40,55-56H,9,11,13-14,16-17,20-23,25H2,1-4H3,(H,51,57)(H,58,59)/t33?,35?,39-,40?,47-,48+/m0/s1. The van der Waals surface area contributed by atoms with E-state index >= 15 is 0 Å². The van der Waals surface area contributed by atoms with E-state index in [4.69, 9.17) is 4.74 Å². The molecule has 4 N–H and O–H groups in total. The third-order valence-electron chi connectivity index (χ3n) is 15.0. The van der Waals surface area contributed by atoms with Crippen LogP contribution in [0.15, 0.2) is 89.6 Å². The van der Waals surface area contributed by atoms with Crippen LogP contribution in [0.25, 0.3) is 33.6 Å². The number of hydrogen-bond donors (Lipinski definition) is 4. The Morgan fingerprint density at radius 3 is 2.62 bits per heavy atom. The Kier molecular flexibility index (Phi) is 10.3. The van der Waals surface area contributed by atoms with E-state index in [1.165, 1.54) is 40.2 Å². The first-order chi connectivity index (χ1) is 28.9. The molecule has 60 heavy (non-hydrogen) atoms. The smallest absolute Gasteiger partial charge is 0.407 e. The van der Waals surface area contributed by atoms with Crippen molar-refractivity contribution in [1.29, 1.82) is 0 Å². The Morgan fingerprint density at radius 1 is 1.00 bits per heavy atom. The third-order valence-corrected chi connectivity index (χ3v) is 15.0. The number of phenolic OH excluding ortho intramolecular Hbond substituents is 2. The molecule has 2 fully saturated rings. The van der Waals surface area contributed by atoms with E-state index in [0.29, 0.717) is 60.9 Å². The van der Waals surface area contributed by atoms with Crippen LogP contribution in [0.2, 0.25) is 0 Å². The molecule has 2 aromatic carbocycles. The number of pyridine rings is 1. The van der Waals surface area contributed by atoms with Crippen molar-refractivity contribution in [2.45, 2.75) is 91.1 Å². The number of aromatic hydroxyl groups is 2. The van der Waals surface area contributed by atoms with E-state index in [1.54, 1.807) is 11.0 Å². The second-order valence-electron chi connectivity index (χ2n) is 18.3. The zero-order valence-electron chi connectivity index (χ0n) is 35.0. The summed E-state index contributed by atoms with van der Waals surface area (Å²) in [7, 11) is 0. The first kappa shape index (κ1) is 39.8. The highest BCUT2D eigenvalue weighted by Gasteiger charge is 2.57. The van der Waals surface area contributed by atoms with Crippen LogP contribution in [-0.2, 0) is 11.3 Å². The first-order valence-corrected chi connectivity index (χ1v) is 21.6. The normalized spacial score (nSPS) is 26.0. The zero-order valence-corrected chi connectivity index (χ0v) is 35.0. The number of hydrogen-bond acceptors (Lipinski definition) is 7. The van der Waals surface area contributed by atoms with Crippen molar-refractivity contribution in [3.05, 3.63) is 106 Å². The number of amides is 1. The van der Waals surface area contributed by atoms with Crippen LogP contribution in [-0.4, -0.2) is 76.4 Å². The van der Waals surface area contributed by atoms with Gasteiger partial charge in [-0.2, -0.15) is 5.10 Å². The van der Waals surface area contributed by atoms with Gasteiger partial charge >= 0.3 is 11.8 Å². The summed E-state index contributed by atoms with van der Waals surface area (Å²) in [5.74, 6) is 1.93. The highest BCUT2D eigenvalue weighted by Crippen LogP contribution is 2.66.